The normalized spacial score (nSPS) is 18.5. The van der Waals surface area contributed by atoms with Crippen molar-refractivity contribution in [2.75, 3.05) is 31.1 Å². The Hall–Kier alpha value is 0.200. The first-order valence-electron chi connectivity index (χ1n) is 6.29. The third-order valence-electron chi connectivity index (χ3n) is 3.01. The Balaban J connectivity index is 2.20. The summed E-state index contributed by atoms with van der Waals surface area (Å²) in [6, 6.07) is 1.72. The van der Waals surface area contributed by atoms with E-state index < -0.39 is 20.8 Å². The van der Waals surface area contributed by atoms with Gasteiger partial charge in [0.1, 0.15) is 4.90 Å². The van der Waals surface area contributed by atoms with Gasteiger partial charge in [-0.2, -0.15) is 4.31 Å². The first-order chi connectivity index (χ1) is 9.45. The predicted octanol–water partition coefficient (Wildman–Crippen LogP) is 1.37. The lowest BCUT2D eigenvalue weighted by atomic mass is 10.4. The molecule has 1 aromatic heterocycles. The molecule has 9 heteroatoms. The van der Waals surface area contributed by atoms with Crippen LogP contribution in [0.4, 0.5) is 0 Å². The second-order valence-corrected chi connectivity index (χ2v) is 10.4. The van der Waals surface area contributed by atoms with E-state index in [0.717, 1.165) is 11.4 Å². The van der Waals surface area contributed by atoms with Crippen molar-refractivity contribution in [2.24, 2.45) is 0 Å². The second-order valence-electron chi connectivity index (χ2n) is 4.38. The van der Waals surface area contributed by atoms with E-state index in [-0.39, 0.29) is 0 Å². The Bertz CT molecular complexity index is 590. The van der Waals surface area contributed by atoms with Crippen LogP contribution in [-0.2, 0) is 27.4 Å². The molecular formula is C11H17BrN2O3S3. The highest BCUT2D eigenvalue weighted by Gasteiger charge is 2.30. The summed E-state index contributed by atoms with van der Waals surface area (Å²) in [6.45, 7) is 4.18. The van der Waals surface area contributed by atoms with Crippen molar-refractivity contribution in [3.63, 3.8) is 0 Å². The lowest BCUT2D eigenvalue weighted by Gasteiger charge is -2.25. The number of hydrogen-bond acceptors (Lipinski definition) is 5. The molecule has 1 fully saturated rings. The predicted molar refractivity (Wildman–Crippen MR) is 86.0 cm³/mol. The molecule has 0 unspecified atom stereocenters. The second kappa shape index (κ2) is 6.97. The van der Waals surface area contributed by atoms with Crippen molar-refractivity contribution in [1.29, 1.82) is 0 Å². The van der Waals surface area contributed by atoms with Gasteiger partial charge in [0.15, 0.2) is 0 Å². The minimum absolute atomic E-state index is 0.322. The SMILES string of the molecule is CCNCc1cc(S(=O)(=O)N2CCS(=O)CC2)c(Br)s1. The van der Waals surface area contributed by atoms with Crippen molar-refractivity contribution >= 4 is 48.1 Å². The number of rotatable bonds is 5. The number of nitrogens with zero attached hydrogens (tertiary/aromatic N) is 1. The molecule has 2 rings (SSSR count). The van der Waals surface area contributed by atoms with Crippen LogP contribution < -0.4 is 5.32 Å². The molecule has 20 heavy (non-hydrogen) atoms. The largest absolute Gasteiger partial charge is 0.312 e. The maximum absolute atomic E-state index is 12.6. The zero-order chi connectivity index (χ0) is 14.8. The standard InChI is InChI=1S/C11H17BrN2O3S3/c1-2-13-8-9-7-10(11(12)18-9)20(16,17)14-3-5-19(15)6-4-14/h7,13H,2-6,8H2,1H3. The Kier molecular flexibility index (Phi) is 5.78. The third kappa shape index (κ3) is 3.69. The highest BCUT2D eigenvalue weighted by molar-refractivity contribution is 9.11. The molecule has 1 aliphatic heterocycles. The smallest absolute Gasteiger partial charge is 0.245 e. The van der Waals surface area contributed by atoms with Gasteiger partial charge < -0.3 is 5.32 Å². The third-order valence-corrected chi connectivity index (χ3v) is 8.44. The summed E-state index contributed by atoms with van der Waals surface area (Å²) < 4.78 is 38.6. The van der Waals surface area contributed by atoms with Gasteiger partial charge in [-0.05, 0) is 28.5 Å². The Labute approximate surface area is 134 Å². The van der Waals surface area contributed by atoms with Crippen molar-refractivity contribution in [1.82, 2.24) is 9.62 Å². The van der Waals surface area contributed by atoms with Crippen LogP contribution in [0.15, 0.2) is 14.7 Å². The van der Waals surface area contributed by atoms with E-state index in [1.165, 1.54) is 15.6 Å². The summed E-state index contributed by atoms with van der Waals surface area (Å²) in [6.07, 6.45) is 0. The van der Waals surface area contributed by atoms with Crippen LogP contribution in [0, 0.1) is 0 Å². The zero-order valence-corrected chi connectivity index (χ0v) is 15.1. The van der Waals surface area contributed by atoms with Crippen LogP contribution in [0.25, 0.3) is 0 Å². The molecule has 5 nitrogen and oxygen atoms in total. The maximum atomic E-state index is 12.6. The van der Waals surface area contributed by atoms with Gasteiger partial charge in [-0.1, -0.05) is 6.92 Å². The number of sulfonamides is 1. The van der Waals surface area contributed by atoms with E-state index >= 15 is 0 Å². The van der Waals surface area contributed by atoms with E-state index in [1.54, 1.807) is 6.07 Å². The maximum Gasteiger partial charge on any atom is 0.245 e. The van der Waals surface area contributed by atoms with Crippen LogP contribution >= 0.6 is 27.3 Å². The molecule has 2 heterocycles. The van der Waals surface area contributed by atoms with Crippen molar-refractivity contribution in [2.45, 2.75) is 18.4 Å². The fourth-order valence-electron chi connectivity index (χ4n) is 1.91. The summed E-state index contributed by atoms with van der Waals surface area (Å²) in [7, 11) is -4.37. The summed E-state index contributed by atoms with van der Waals surface area (Å²) in [5.41, 5.74) is 0. The molecule has 0 atom stereocenters. The fourth-order valence-corrected chi connectivity index (χ4v) is 7.24. The quantitative estimate of drug-likeness (QED) is 0.810. The van der Waals surface area contributed by atoms with Gasteiger partial charge in [-0.25, -0.2) is 8.42 Å². The average molecular weight is 401 g/mol. The molecule has 0 radical (unpaired) electrons. The Morgan fingerprint density at radius 1 is 1.45 bits per heavy atom. The molecule has 0 aromatic carbocycles. The summed E-state index contributed by atoms with van der Waals surface area (Å²) in [5, 5.41) is 3.18. The summed E-state index contributed by atoms with van der Waals surface area (Å²) in [5.74, 6) is 0.844. The molecule has 0 saturated carbocycles. The first kappa shape index (κ1) is 16.6. The van der Waals surface area contributed by atoms with Gasteiger partial charge in [-0.15, -0.1) is 11.3 Å². The van der Waals surface area contributed by atoms with E-state index in [4.69, 9.17) is 0 Å². The van der Waals surface area contributed by atoms with Crippen LogP contribution in [0.3, 0.4) is 0 Å². The molecule has 0 aliphatic carbocycles. The summed E-state index contributed by atoms with van der Waals surface area (Å²) in [4.78, 5) is 1.31. The van der Waals surface area contributed by atoms with E-state index in [9.17, 15) is 12.6 Å². The first-order valence-corrected chi connectivity index (χ1v) is 10.8. The van der Waals surface area contributed by atoms with Crippen molar-refractivity contribution in [3.05, 3.63) is 14.7 Å². The van der Waals surface area contributed by atoms with Gasteiger partial charge in [0, 0.05) is 46.8 Å². The molecule has 0 bridgehead atoms. The minimum Gasteiger partial charge on any atom is -0.312 e. The lowest BCUT2D eigenvalue weighted by molar-refractivity contribution is 0.438. The number of nitrogens with one attached hydrogen (secondary N) is 1. The number of hydrogen-bond donors (Lipinski definition) is 1. The molecule has 1 aliphatic rings. The summed E-state index contributed by atoms with van der Waals surface area (Å²) >= 11 is 4.78. The molecule has 114 valence electrons. The topological polar surface area (TPSA) is 66.5 Å². The van der Waals surface area contributed by atoms with Crippen molar-refractivity contribution < 1.29 is 12.6 Å². The van der Waals surface area contributed by atoms with Gasteiger partial charge in [0.2, 0.25) is 10.0 Å². The Morgan fingerprint density at radius 3 is 2.70 bits per heavy atom. The molecule has 0 amide bonds. The van der Waals surface area contributed by atoms with Gasteiger partial charge in [0.25, 0.3) is 0 Å². The van der Waals surface area contributed by atoms with Crippen LogP contribution in [-0.4, -0.2) is 48.1 Å². The minimum atomic E-state index is -3.49. The molecule has 0 spiro atoms. The van der Waals surface area contributed by atoms with Gasteiger partial charge in [-0.3, -0.25) is 4.21 Å². The van der Waals surface area contributed by atoms with E-state index in [2.05, 4.69) is 21.2 Å². The Morgan fingerprint density at radius 2 is 2.10 bits per heavy atom. The van der Waals surface area contributed by atoms with Crippen LogP contribution in [0.2, 0.25) is 0 Å². The van der Waals surface area contributed by atoms with Crippen LogP contribution in [0.1, 0.15) is 11.8 Å². The average Bonchev–Trinajstić information content (AvgIpc) is 2.79. The van der Waals surface area contributed by atoms with E-state index in [1.807, 2.05) is 6.92 Å². The highest BCUT2D eigenvalue weighted by atomic mass is 79.9. The van der Waals surface area contributed by atoms with E-state index in [0.29, 0.717) is 39.8 Å². The fraction of sp³-hybridized carbons (Fsp3) is 0.636. The molecule has 1 aromatic rings. The lowest BCUT2D eigenvalue weighted by Crippen LogP contribution is -2.41. The number of halogens is 1. The molecule has 1 saturated heterocycles. The molecular weight excluding hydrogens is 384 g/mol. The monoisotopic (exact) mass is 400 g/mol. The van der Waals surface area contributed by atoms with Crippen molar-refractivity contribution in [3.8, 4) is 0 Å². The van der Waals surface area contributed by atoms with Gasteiger partial charge >= 0.3 is 0 Å². The zero-order valence-electron chi connectivity index (χ0n) is 11.1. The number of thiophene rings is 1. The molecule has 1 N–H and O–H groups in total. The van der Waals surface area contributed by atoms with Gasteiger partial charge in [0.05, 0.1) is 3.79 Å². The van der Waals surface area contributed by atoms with Crippen LogP contribution in [0.5, 0.6) is 0 Å². The highest BCUT2D eigenvalue weighted by Crippen LogP contribution is 2.33.